The second kappa shape index (κ2) is 11.9. The van der Waals surface area contributed by atoms with Crippen molar-refractivity contribution in [1.29, 1.82) is 0 Å². The predicted octanol–water partition coefficient (Wildman–Crippen LogP) is 4.16. The zero-order valence-corrected chi connectivity index (χ0v) is 21.3. The number of thioether (sulfide) groups is 1. The van der Waals surface area contributed by atoms with E-state index in [9.17, 15) is 9.59 Å². The number of hydrogen-bond donors (Lipinski definition) is 0. The second-order valence-electron chi connectivity index (χ2n) is 9.49. The number of carbonyl (C=O) groups excluding carboxylic acids is 2. The fourth-order valence-electron chi connectivity index (χ4n) is 4.99. The van der Waals surface area contributed by atoms with Crippen LogP contribution in [0.15, 0.2) is 35.5 Å². The molecule has 2 amide bonds. The molecule has 7 nitrogen and oxygen atoms in total. The van der Waals surface area contributed by atoms with Crippen LogP contribution in [-0.2, 0) is 29.1 Å². The highest BCUT2D eigenvalue weighted by atomic mass is 32.2. The van der Waals surface area contributed by atoms with Gasteiger partial charge in [0.2, 0.25) is 11.8 Å². The third-order valence-electron chi connectivity index (χ3n) is 7.04. The molecule has 1 unspecified atom stereocenters. The molecule has 0 spiro atoms. The molecule has 2 saturated heterocycles. The molecule has 4 rings (SSSR count). The standard InChI is InChI=1S/C26H37N5O2S/c1-3-31-23(19-30-15-9-5-8-12-24(30)32)27-28-26(31)34-20(2)25(33)29-16-13-22(14-17-29)18-21-10-6-4-7-11-21/h4,6-7,10-11,20,22H,3,5,8-9,12-19H2,1-2H3. The lowest BCUT2D eigenvalue weighted by Gasteiger charge is -2.33. The molecule has 0 aliphatic carbocycles. The van der Waals surface area contributed by atoms with Crippen molar-refractivity contribution in [3.63, 3.8) is 0 Å². The van der Waals surface area contributed by atoms with E-state index in [1.807, 2.05) is 16.7 Å². The summed E-state index contributed by atoms with van der Waals surface area (Å²) in [5, 5.41) is 9.34. The molecule has 2 aromatic rings. The molecule has 0 bridgehead atoms. The molecular weight excluding hydrogens is 446 g/mol. The average molecular weight is 484 g/mol. The average Bonchev–Trinajstić information content (AvgIpc) is 3.12. The summed E-state index contributed by atoms with van der Waals surface area (Å²) in [5.74, 6) is 1.83. The number of amides is 2. The first-order chi connectivity index (χ1) is 16.5. The van der Waals surface area contributed by atoms with Gasteiger partial charge in [0, 0.05) is 32.6 Å². The van der Waals surface area contributed by atoms with Gasteiger partial charge in [0.15, 0.2) is 11.0 Å². The van der Waals surface area contributed by atoms with E-state index in [1.165, 1.54) is 17.3 Å². The largest absolute Gasteiger partial charge is 0.342 e. The Kier molecular flexibility index (Phi) is 8.64. The summed E-state index contributed by atoms with van der Waals surface area (Å²) in [6, 6.07) is 10.6. The first kappa shape index (κ1) is 24.8. The number of nitrogens with zero attached hydrogens (tertiary/aromatic N) is 5. The summed E-state index contributed by atoms with van der Waals surface area (Å²) in [5.41, 5.74) is 1.38. The first-order valence-electron chi connectivity index (χ1n) is 12.7. The fourth-order valence-corrected chi connectivity index (χ4v) is 6.00. The van der Waals surface area contributed by atoms with Gasteiger partial charge in [0.1, 0.15) is 0 Å². The van der Waals surface area contributed by atoms with Gasteiger partial charge in [0.05, 0.1) is 11.8 Å². The van der Waals surface area contributed by atoms with Crippen LogP contribution in [0.1, 0.15) is 63.8 Å². The molecule has 8 heteroatoms. The van der Waals surface area contributed by atoms with Gasteiger partial charge in [-0.15, -0.1) is 10.2 Å². The number of hydrogen-bond acceptors (Lipinski definition) is 5. The summed E-state index contributed by atoms with van der Waals surface area (Å²) in [4.78, 5) is 29.5. The maximum absolute atomic E-state index is 13.2. The number of carbonyl (C=O) groups is 2. The van der Waals surface area contributed by atoms with Crippen molar-refractivity contribution in [2.45, 2.75) is 82.3 Å². The van der Waals surface area contributed by atoms with E-state index < -0.39 is 0 Å². The second-order valence-corrected chi connectivity index (χ2v) is 10.8. The minimum atomic E-state index is -0.215. The molecule has 184 valence electrons. The quantitative estimate of drug-likeness (QED) is 0.527. The van der Waals surface area contributed by atoms with Crippen molar-refractivity contribution in [2.24, 2.45) is 5.92 Å². The fraction of sp³-hybridized carbons (Fsp3) is 0.615. The summed E-state index contributed by atoms with van der Waals surface area (Å²) in [6.45, 7) is 7.68. The molecule has 1 aromatic carbocycles. The molecule has 0 saturated carbocycles. The van der Waals surface area contributed by atoms with E-state index in [2.05, 4.69) is 52.0 Å². The summed E-state index contributed by atoms with van der Waals surface area (Å²) < 4.78 is 2.05. The van der Waals surface area contributed by atoms with E-state index in [0.717, 1.165) is 75.7 Å². The normalized spacial score (nSPS) is 18.7. The van der Waals surface area contributed by atoms with Crippen molar-refractivity contribution in [3.8, 4) is 0 Å². The number of benzene rings is 1. The van der Waals surface area contributed by atoms with Crippen molar-refractivity contribution in [1.82, 2.24) is 24.6 Å². The minimum absolute atomic E-state index is 0.179. The Hall–Kier alpha value is -2.35. The Balaban J connectivity index is 1.31. The number of likely N-dealkylation sites (tertiary alicyclic amines) is 2. The van der Waals surface area contributed by atoms with Gasteiger partial charge in [-0.25, -0.2) is 0 Å². The third-order valence-corrected chi connectivity index (χ3v) is 8.10. The monoisotopic (exact) mass is 483 g/mol. The maximum Gasteiger partial charge on any atom is 0.235 e. The van der Waals surface area contributed by atoms with E-state index in [-0.39, 0.29) is 17.1 Å². The van der Waals surface area contributed by atoms with Crippen LogP contribution >= 0.6 is 11.8 Å². The Bertz CT molecular complexity index is 955. The summed E-state index contributed by atoms with van der Waals surface area (Å²) in [7, 11) is 0. The number of aromatic nitrogens is 3. The van der Waals surface area contributed by atoms with E-state index in [1.54, 1.807) is 0 Å². The molecule has 1 aromatic heterocycles. The van der Waals surface area contributed by atoms with Gasteiger partial charge in [-0.3, -0.25) is 9.59 Å². The van der Waals surface area contributed by atoms with Gasteiger partial charge in [-0.05, 0) is 57.4 Å². The topological polar surface area (TPSA) is 71.3 Å². The van der Waals surface area contributed by atoms with Crippen molar-refractivity contribution >= 4 is 23.6 Å². The van der Waals surface area contributed by atoms with Crippen LogP contribution in [0.5, 0.6) is 0 Å². The van der Waals surface area contributed by atoms with Crippen molar-refractivity contribution in [2.75, 3.05) is 19.6 Å². The highest BCUT2D eigenvalue weighted by Gasteiger charge is 2.28. The van der Waals surface area contributed by atoms with Gasteiger partial charge < -0.3 is 14.4 Å². The lowest BCUT2D eigenvalue weighted by Crippen LogP contribution is -2.42. The molecular formula is C26H37N5O2S. The molecule has 0 N–H and O–H groups in total. The molecule has 0 radical (unpaired) electrons. The lowest BCUT2D eigenvalue weighted by atomic mass is 9.90. The van der Waals surface area contributed by atoms with E-state index in [0.29, 0.717) is 18.9 Å². The molecule has 2 aliphatic rings. The van der Waals surface area contributed by atoms with E-state index in [4.69, 9.17) is 0 Å². The Labute approximate surface area is 207 Å². The summed E-state index contributed by atoms with van der Waals surface area (Å²) in [6.07, 6.45) is 6.94. The molecule has 2 aliphatic heterocycles. The minimum Gasteiger partial charge on any atom is -0.342 e. The van der Waals surface area contributed by atoms with Gasteiger partial charge in [-0.1, -0.05) is 48.5 Å². The molecule has 34 heavy (non-hydrogen) atoms. The Morgan fingerprint density at radius 2 is 1.85 bits per heavy atom. The van der Waals surface area contributed by atoms with Gasteiger partial charge in [0.25, 0.3) is 0 Å². The SMILES string of the molecule is CCn1c(CN2CCCCCC2=O)nnc1SC(C)C(=O)N1CCC(Cc2ccccc2)CC1. The molecule has 2 fully saturated rings. The van der Waals surface area contributed by atoms with Crippen LogP contribution in [0.2, 0.25) is 0 Å². The highest BCUT2D eigenvalue weighted by Crippen LogP contribution is 2.27. The van der Waals surface area contributed by atoms with Crippen LogP contribution < -0.4 is 0 Å². The molecule has 1 atom stereocenters. The third kappa shape index (κ3) is 6.20. The Morgan fingerprint density at radius 1 is 1.09 bits per heavy atom. The van der Waals surface area contributed by atoms with Crippen LogP contribution in [-0.4, -0.2) is 61.3 Å². The van der Waals surface area contributed by atoms with E-state index >= 15 is 0 Å². The van der Waals surface area contributed by atoms with Crippen LogP contribution in [0.4, 0.5) is 0 Å². The zero-order valence-electron chi connectivity index (χ0n) is 20.5. The molecule has 3 heterocycles. The van der Waals surface area contributed by atoms with Crippen molar-refractivity contribution in [3.05, 3.63) is 41.7 Å². The predicted molar refractivity (Wildman–Crippen MR) is 134 cm³/mol. The summed E-state index contributed by atoms with van der Waals surface area (Å²) >= 11 is 1.48. The zero-order chi connectivity index (χ0) is 23.9. The van der Waals surface area contributed by atoms with Crippen LogP contribution in [0, 0.1) is 5.92 Å². The lowest BCUT2D eigenvalue weighted by molar-refractivity contribution is -0.132. The van der Waals surface area contributed by atoms with Crippen molar-refractivity contribution < 1.29 is 9.59 Å². The maximum atomic E-state index is 13.2. The Morgan fingerprint density at radius 3 is 2.59 bits per heavy atom. The van der Waals surface area contributed by atoms with Gasteiger partial charge in [-0.2, -0.15) is 0 Å². The van der Waals surface area contributed by atoms with Crippen LogP contribution in [0.3, 0.4) is 0 Å². The van der Waals surface area contributed by atoms with Crippen LogP contribution in [0.25, 0.3) is 0 Å². The first-order valence-corrected chi connectivity index (χ1v) is 13.6. The van der Waals surface area contributed by atoms with Gasteiger partial charge >= 0.3 is 0 Å². The number of piperidine rings is 1. The number of rotatable bonds is 8. The highest BCUT2D eigenvalue weighted by molar-refractivity contribution is 8.00. The smallest absolute Gasteiger partial charge is 0.235 e.